The zero-order valence-corrected chi connectivity index (χ0v) is 7.54. The molecule has 2 N–H and O–H groups in total. The highest BCUT2D eigenvalue weighted by Crippen LogP contribution is 2.22. The first-order chi connectivity index (χ1) is 6.02. The Bertz CT molecular complexity index is 197. The standard InChI is InChI=1S/C8H14F2N2O/c1-5(11)8(13)12-3-2-6(4-12)7(9)10/h5-7H,2-4,11H2,1H3/t5-,6+/m1/s1. The van der Waals surface area contributed by atoms with Gasteiger partial charge < -0.3 is 10.6 Å². The van der Waals surface area contributed by atoms with Crippen molar-refractivity contribution in [3.63, 3.8) is 0 Å². The molecule has 1 heterocycles. The maximum Gasteiger partial charge on any atom is 0.243 e. The van der Waals surface area contributed by atoms with Gasteiger partial charge in [-0.2, -0.15) is 0 Å². The van der Waals surface area contributed by atoms with E-state index in [4.69, 9.17) is 5.73 Å². The van der Waals surface area contributed by atoms with Gasteiger partial charge in [0.05, 0.1) is 6.04 Å². The number of likely N-dealkylation sites (tertiary alicyclic amines) is 1. The van der Waals surface area contributed by atoms with Gasteiger partial charge in [0, 0.05) is 19.0 Å². The van der Waals surface area contributed by atoms with Crippen LogP contribution in [0.1, 0.15) is 13.3 Å². The SMILES string of the molecule is C[C@@H](N)C(=O)N1CC[C@H](C(F)F)C1. The third kappa shape index (κ3) is 2.37. The number of rotatable bonds is 2. The summed E-state index contributed by atoms with van der Waals surface area (Å²) in [6.45, 7) is 2.13. The number of halogens is 2. The van der Waals surface area contributed by atoms with E-state index in [1.807, 2.05) is 0 Å². The quantitative estimate of drug-likeness (QED) is 0.690. The molecule has 0 aliphatic carbocycles. The maximum atomic E-state index is 12.2. The lowest BCUT2D eigenvalue weighted by Gasteiger charge is -2.18. The van der Waals surface area contributed by atoms with E-state index in [9.17, 15) is 13.6 Å². The molecule has 1 aliphatic heterocycles. The number of nitrogens with zero attached hydrogens (tertiary/aromatic N) is 1. The van der Waals surface area contributed by atoms with Crippen molar-refractivity contribution in [1.82, 2.24) is 4.90 Å². The first-order valence-electron chi connectivity index (χ1n) is 4.35. The number of alkyl halides is 2. The molecule has 2 atom stereocenters. The first-order valence-corrected chi connectivity index (χ1v) is 4.35. The molecule has 1 fully saturated rings. The molecule has 1 aliphatic rings. The van der Waals surface area contributed by atoms with E-state index in [1.54, 1.807) is 6.92 Å². The van der Waals surface area contributed by atoms with Crippen LogP contribution in [0.4, 0.5) is 8.78 Å². The number of hydrogen-bond acceptors (Lipinski definition) is 2. The van der Waals surface area contributed by atoms with Gasteiger partial charge in [-0.05, 0) is 13.3 Å². The molecular formula is C8H14F2N2O. The molecule has 1 rings (SSSR count). The van der Waals surface area contributed by atoms with Crippen molar-refractivity contribution in [3.05, 3.63) is 0 Å². The van der Waals surface area contributed by atoms with Crippen LogP contribution in [0.15, 0.2) is 0 Å². The molecule has 1 saturated heterocycles. The summed E-state index contributed by atoms with van der Waals surface area (Å²) >= 11 is 0. The lowest BCUT2D eigenvalue weighted by atomic mass is 10.1. The molecule has 3 nitrogen and oxygen atoms in total. The second-order valence-electron chi connectivity index (χ2n) is 3.46. The molecule has 0 aromatic carbocycles. The molecule has 0 radical (unpaired) electrons. The average Bonchev–Trinajstić information content (AvgIpc) is 2.50. The Hall–Kier alpha value is -0.710. The maximum absolute atomic E-state index is 12.2. The van der Waals surface area contributed by atoms with Gasteiger partial charge in [-0.15, -0.1) is 0 Å². The second-order valence-corrected chi connectivity index (χ2v) is 3.46. The van der Waals surface area contributed by atoms with E-state index < -0.39 is 18.4 Å². The summed E-state index contributed by atoms with van der Waals surface area (Å²) in [5, 5.41) is 0. The van der Waals surface area contributed by atoms with Crippen molar-refractivity contribution in [3.8, 4) is 0 Å². The average molecular weight is 192 g/mol. The van der Waals surface area contributed by atoms with E-state index in [2.05, 4.69) is 0 Å². The number of amides is 1. The highest BCUT2D eigenvalue weighted by atomic mass is 19.3. The van der Waals surface area contributed by atoms with Gasteiger partial charge in [0.1, 0.15) is 0 Å². The first kappa shape index (κ1) is 10.4. The molecule has 0 unspecified atom stereocenters. The van der Waals surface area contributed by atoms with Gasteiger partial charge in [-0.25, -0.2) is 8.78 Å². The Morgan fingerprint density at radius 2 is 2.23 bits per heavy atom. The predicted octanol–water partition coefficient (Wildman–Crippen LogP) is 0.447. The summed E-state index contributed by atoms with van der Waals surface area (Å²) in [6, 6.07) is -0.587. The van der Waals surface area contributed by atoms with Crippen molar-refractivity contribution in [1.29, 1.82) is 0 Å². The normalized spacial score (nSPS) is 25.3. The van der Waals surface area contributed by atoms with E-state index in [1.165, 1.54) is 4.90 Å². The summed E-state index contributed by atoms with van der Waals surface area (Å²) in [5.41, 5.74) is 5.36. The minimum atomic E-state index is -2.33. The fourth-order valence-corrected chi connectivity index (χ4v) is 1.48. The monoisotopic (exact) mass is 192 g/mol. The van der Waals surface area contributed by atoms with Crippen LogP contribution in [0.25, 0.3) is 0 Å². The molecule has 5 heteroatoms. The molecule has 0 spiro atoms. The number of hydrogen-bond donors (Lipinski definition) is 1. The Balaban J connectivity index is 2.45. The third-order valence-corrected chi connectivity index (χ3v) is 2.28. The van der Waals surface area contributed by atoms with Crippen LogP contribution in [0.2, 0.25) is 0 Å². The molecule has 0 aromatic rings. The van der Waals surface area contributed by atoms with Crippen LogP contribution < -0.4 is 5.73 Å². The fourth-order valence-electron chi connectivity index (χ4n) is 1.48. The van der Waals surface area contributed by atoms with E-state index in [0.717, 1.165) is 0 Å². The summed E-state index contributed by atoms with van der Waals surface area (Å²) in [6.07, 6.45) is -1.94. The van der Waals surface area contributed by atoms with Gasteiger partial charge in [-0.3, -0.25) is 4.79 Å². The van der Waals surface area contributed by atoms with E-state index in [-0.39, 0.29) is 12.5 Å². The number of carbonyl (C=O) groups is 1. The molecule has 1 amide bonds. The van der Waals surface area contributed by atoms with Crippen LogP contribution in [-0.4, -0.2) is 36.4 Å². The van der Waals surface area contributed by atoms with Gasteiger partial charge in [0.15, 0.2) is 0 Å². The molecule has 0 aromatic heterocycles. The van der Waals surface area contributed by atoms with Crippen molar-refractivity contribution >= 4 is 5.91 Å². The van der Waals surface area contributed by atoms with Gasteiger partial charge in [0.2, 0.25) is 12.3 Å². The second kappa shape index (κ2) is 4.00. The van der Waals surface area contributed by atoms with Crippen molar-refractivity contribution < 1.29 is 13.6 Å². The van der Waals surface area contributed by atoms with E-state index in [0.29, 0.717) is 13.0 Å². The van der Waals surface area contributed by atoms with Crippen molar-refractivity contribution in [2.75, 3.05) is 13.1 Å². The number of nitrogens with two attached hydrogens (primary N) is 1. The summed E-state index contributed by atoms with van der Waals surface area (Å²) < 4.78 is 24.4. The molecule has 0 bridgehead atoms. The van der Waals surface area contributed by atoms with Crippen LogP contribution in [0.5, 0.6) is 0 Å². The molecule has 13 heavy (non-hydrogen) atoms. The molecular weight excluding hydrogens is 178 g/mol. The summed E-state index contributed by atoms with van der Waals surface area (Å²) in [7, 11) is 0. The zero-order chi connectivity index (χ0) is 10.0. The fraction of sp³-hybridized carbons (Fsp3) is 0.875. The number of carbonyl (C=O) groups excluding carboxylic acids is 1. The smallest absolute Gasteiger partial charge is 0.243 e. The van der Waals surface area contributed by atoms with Crippen molar-refractivity contribution in [2.45, 2.75) is 25.8 Å². The predicted molar refractivity (Wildman–Crippen MR) is 44.3 cm³/mol. The highest BCUT2D eigenvalue weighted by Gasteiger charge is 2.32. The van der Waals surface area contributed by atoms with Crippen LogP contribution in [-0.2, 0) is 4.79 Å². The summed E-state index contributed by atoms with van der Waals surface area (Å²) in [5.74, 6) is -0.897. The lowest BCUT2D eigenvalue weighted by Crippen LogP contribution is -2.41. The highest BCUT2D eigenvalue weighted by molar-refractivity contribution is 5.81. The molecule has 76 valence electrons. The lowest BCUT2D eigenvalue weighted by molar-refractivity contribution is -0.131. The van der Waals surface area contributed by atoms with Gasteiger partial charge >= 0.3 is 0 Å². The van der Waals surface area contributed by atoms with Gasteiger partial charge in [0.25, 0.3) is 0 Å². The Labute approximate surface area is 75.9 Å². The molecule has 0 saturated carbocycles. The summed E-state index contributed by atoms with van der Waals surface area (Å²) in [4.78, 5) is 12.7. The minimum Gasteiger partial charge on any atom is -0.341 e. The van der Waals surface area contributed by atoms with Crippen LogP contribution in [0, 0.1) is 5.92 Å². The minimum absolute atomic E-state index is 0.151. The third-order valence-electron chi connectivity index (χ3n) is 2.28. The zero-order valence-electron chi connectivity index (χ0n) is 7.54. The van der Waals surface area contributed by atoms with Gasteiger partial charge in [-0.1, -0.05) is 0 Å². The van der Waals surface area contributed by atoms with Crippen LogP contribution >= 0.6 is 0 Å². The van der Waals surface area contributed by atoms with Crippen LogP contribution in [0.3, 0.4) is 0 Å². The largest absolute Gasteiger partial charge is 0.341 e. The Morgan fingerprint density at radius 3 is 2.62 bits per heavy atom. The van der Waals surface area contributed by atoms with E-state index >= 15 is 0 Å². The Kier molecular flexibility index (Phi) is 3.19. The van der Waals surface area contributed by atoms with Crippen molar-refractivity contribution in [2.24, 2.45) is 11.7 Å². The topological polar surface area (TPSA) is 46.3 Å². The Morgan fingerprint density at radius 1 is 1.62 bits per heavy atom.